The molecule has 2 rings (SSSR count). The number of hydrogen-bond donors (Lipinski definition) is 1. The Kier molecular flexibility index (Phi) is 4.62. The SMILES string of the molecule is CCC(N)CN1CCC(N2CCCCC2)C1. The molecule has 2 N–H and O–H groups in total. The van der Waals surface area contributed by atoms with Crippen LogP contribution in [0.5, 0.6) is 0 Å². The third-order valence-electron chi connectivity index (χ3n) is 4.17. The van der Waals surface area contributed by atoms with Gasteiger partial charge in [-0.15, -0.1) is 0 Å². The zero-order valence-corrected chi connectivity index (χ0v) is 10.7. The lowest BCUT2D eigenvalue weighted by Crippen LogP contribution is -2.42. The van der Waals surface area contributed by atoms with Crippen LogP contribution in [0.25, 0.3) is 0 Å². The van der Waals surface area contributed by atoms with Crippen molar-refractivity contribution in [3.05, 3.63) is 0 Å². The molecule has 0 aromatic carbocycles. The lowest BCUT2D eigenvalue weighted by atomic mass is 10.1. The van der Waals surface area contributed by atoms with Gasteiger partial charge in [-0.1, -0.05) is 13.3 Å². The highest BCUT2D eigenvalue weighted by molar-refractivity contribution is 4.85. The van der Waals surface area contributed by atoms with Crippen molar-refractivity contribution in [3.63, 3.8) is 0 Å². The smallest absolute Gasteiger partial charge is 0.0235 e. The second-order valence-electron chi connectivity index (χ2n) is 5.47. The zero-order valence-electron chi connectivity index (χ0n) is 10.7. The van der Waals surface area contributed by atoms with Crippen LogP contribution in [0, 0.1) is 0 Å². The first kappa shape index (κ1) is 12.3. The summed E-state index contributed by atoms with van der Waals surface area (Å²) >= 11 is 0. The van der Waals surface area contributed by atoms with Crippen molar-refractivity contribution in [1.82, 2.24) is 9.80 Å². The molecule has 3 nitrogen and oxygen atoms in total. The van der Waals surface area contributed by atoms with Crippen molar-refractivity contribution in [1.29, 1.82) is 0 Å². The minimum absolute atomic E-state index is 0.375. The molecule has 3 heteroatoms. The van der Waals surface area contributed by atoms with Gasteiger partial charge < -0.3 is 10.6 Å². The maximum absolute atomic E-state index is 6.02. The first-order valence-electron chi connectivity index (χ1n) is 7.01. The van der Waals surface area contributed by atoms with Crippen molar-refractivity contribution in [2.75, 3.05) is 32.7 Å². The Labute approximate surface area is 100.0 Å². The van der Waals surface area contributed by atoms with Crippen LogP contribution in [0.1, 0.15) is 39.0 Å². The molecule has 0 aromatic heterocycles. The standard InChI is InChI=1S/C13H27N3/c1-2-12(14)10-15-9-6-13(11-15)16-7-4-3-5-8-16/h12-13H,2-11,14H2,1H3. The molecule has 0 spiro atoms. The van der Waals surface area contributed by atoms with Gasteiger partial charge in [-0.2, -0.15) is 0 Å². The van der Waals surface area contributed by atoms with Gasteiger partial charge in [0.1, 0.15) is 0 Å². The van der Waals surface area contributed by atoms with Crippen LogP contribution < -0.4 is 5.73 Å². The average molecular weight is 225 g/mol. The van der Waals surface area contributed by atoms with Gasteiger partial charge in [0, 0.05) is 25.2 Å². The van der Waals surface area contributed by atoms with Gasteiger partial charge >= 0.3 is 0 Å². The molecule has 2 unspecified atom stereocenters. The molecule has 2 aliphatic heterocycles. The van der Waals surface area contributed by atoms with E-state index in [4.69, 9.17) is 5.73 Å². The molecule has 0 aliphatic carbocycles. The molecule has 2 atom stereocenters. The van der Waals surface area contributed by atoms with Crippen LogP contribution in [-0.4, -0.2) is 54.6 Å². The van der Waals surface area contributed by atoms with Crippen LogP contribution >= 0.6 is 0 Å². The highest BCUT2D eigenvalue weighted by Gasteiger charge is 2.28. The Balaban J connectivity index is 1.74. The van der Waals surface area contributed by atoms with E-state index in [-0.39, 0.29) is 0 Å². The Hall–Kier alpha value is -0.120. The van der Waals surface area contributed by atoms with E-state index in [1.54, 1.807) is 0 Å². The van der Waals surface area contributed by atoms with E-state index in [9.17, 15) is 0 Å². The van der Waals surface area contributed by atoms with Gasteiger partial charge in [0.25, 0.3) is 0 Å². The number of nitrogens with zero attached hydrogens (tertiary/aromatic N) is 2. The fraction of sp³-hybridized carbons (Fsp3) is 1.00. The summed E-state index contributed by atoms with van der Waals surface area (Å²) in [6.45, 7) is 8.46. The minimum atomic E-state index is 0.375. The zero-order chi connectivity index (χ0) is 11.4. The Morgan fingerprint density at radius 2 is 1.94 bits per heavy atom. The second-order valence-corrected chi connectivity index (χ2v) is 5.47. The molecule has 94 valence electrons. The van der Waals surface area contributed by atoms with E-state index in [1.807, 2.05) is 0 Å². The molecule has 2 heterocycles. The normalized spacial score (nSPS) is 30.8. The lowest BCUT2D eigenvalue weighted by molar-refractivity contribution is 0.161. The summed E-state index contributed by atoms with van der Waals surface area (Å²) in [5, 5.41) is 0. The summed E-state index contributed by atoms with van der Waals surface area (Å²) in [6.07, 6.45) is 6.71. The summed E-state index contributed by atoms with van der Waals surface area (Å²) in [5.74, 6) is 0. The van der Waals surface area contributed by atoms with Gasteiger partial charge in [-0.3, -0.25) is 4.90 Å². The number of rotatable bonds is 4. The Bertz CT molecular complexity index is 201. The first-order valence-corrected chi connectivity index (χ1v) is 7.01. The summed E-state index contributed by atoms with van der Waals surface area (Å²) in [6, 6.07) is 1.20. The quantitative estimate of drug-likeness (QED) is 0.782. The molecule has 0 saturated carbocycles. The molecule has 16 heavy (non-hydrogen) atoms. The summed E-state index contributed by atoms with van der Waals surface area (Å²) in [4.78, 5) is 5.27. The summed E-state index contributed by atoms with van der Waals surface area (Å²) in [7, 11) is 0. The van der Waals surface area contributed by atoms with Crippen molar-refractivity contribution in [2.45, 2.75) is 51.1 Å². The highest BCUT2D eigenvalue weighted by atomic mass is 15.3. The maximum Gasteiger partial charge on any atom is 0.0235 e. The average Bonchev–Trinajstić information content (AvgIpc) is 2.78. The van der Waals surface area contributed by atoms with Crippen LogP contribution in [0.2, 0.25) is 0 Å². The van der Waals surface area contributed by atoms with E-state index in [2.05, 4.69) is 16.7 Å². The van der Waals surface area contributed by atoms with Crippen LogP contribution in [0.4, 0.5) is 0 Å². The second kappa shape index (κ2) is 5.99. The summed E-state index contributed by atoms with van der Waals surface area (Å²) < 4.78 is 0. The van der Waals surface area contributed by atoms with E-state index in [0.29, 0.717) is 6.04 Å². The van der Waals surface area contributed by atoms with Crippen LogP contribution in [-0.2, 0) is 0 Å². The molecule has 2 fully saturated rings. The third-order valence-corrected chi connectivity index (χ3v) is 4.17. The molecular weight excluding hydrogens is 198 g/mol. The van der Waals surface area contributed by atoms with Gasteiger partial charge in [0.05, 0.1) is 0 Å². The van der Waals surface area contributed by atoms with Crippen molar-refractivity contribution < 1.29 is 0 Å². The number of hydrogen-bond acceptors (Lipinski definition) is 3. The van der Waals surface area contributed by atoms with E-state index < -0.39 is 0 Å². The van der Waals surface area contributed by atoms with Crippen molar-refractivity contribution in [3.8, 4) is 0 Å². The molecule has 0 aromatic rings. The number of nitrogens with two attached hydrogens (primary N) is 1. The van der Waals surface area contributed by atoms with Crippen LogP contribution in [0.3, 0.4) is 0 Å². The van der Waals surface area contributed by atoms with E-state index >= 15 is 0 Å². The predicted octanol–water partition coefficient (Wildman–Crippen LogP) is 1.28. The summed E-state index contributed by atoms with van der Waals surface area (Å²) in [5.41, 5.74) is 6.02. The predicted molar refractivity (Wildman–Crippen MR) is 68.5 cm³/mol. The fourth-order valence-corrected chi connectivity index (χ4v) is 3.02. The van der Waals surface area contributed by atoms with Crippen LogP contribution in [0.15, 0.2) is 0 Å². The maximum atomic E-state index is 6.02. The molecule has 2 aliphatic rings. The molecule has 0 radical (unpaired) electrons. The fourth-order valence-electron chi connectivity index (χ4n) is 3.02. The molecule has 0 bridgehead atoms. The first-order chi connectivity index (χ1) is 7.79. The molecular formula is C13H27N3. The monoisotopic (exact) mass is 225 g/mol. The van der Waals surface area contributed by atoms with E-state index in [0.717, 1.165) is 19.0 Å². The van der Waals surface area contributed by atoms with E-state index in [1.165, 1.54) is 51.9 Å². The molecule has 0 amide bonds. The Morgan fingerprint density at radius 3 is 2.62 bits per heavy atom. The number of likely N-dealkylation sites (tertiary alicyclic amines) is 2. The van der Waals surface area contributed by atoms with Crippen molar-refractivity contribution >= 4 is 0 Å². The third kappa shape index (κ3) is 3.19. The minimum Gasteiger partial charge on any atom is -0.327 e. The van der Waals surface area contributed by atoms with Crippen molar-refractivity contribution in [2.24, 2.45) is 5.73 Å². The van der Waals surface area contributed by atoms with Gasteiger partial charge in [-0.05, 0) is 45.3 Å². The van der Waals surface area contributed by atoms with Gasteiger partial charge in [0.15, 0.2) is 0 Å². The number of piperidine rings is 1. The lowest BCUT2D eigenvalue weighted by Gasteiger charge is -2.32. The van der Waals surface area contributed by atoms with Gasteiger partial charge in [0.2, 0.25) is 0 Å². The Morgan fingerprint density at radius 1 is 1.19 bits per heavy atom. The topological polar surface area (TPSA) is 32.5 Å². The highest BCUT2D eigenvalue weighted by Crippen LogP contribution is 2.20. The molecule has 2 saturated heterocycles. The largest absolute Gasteiger partial charge is 0.327 e. The van der Waals surface area contributed by atoms with Gasteiger partial charge in [-0.25, -0.2) is 0 Å².